The van der Waals surface area contributed by atoms with Crippen LogP contribution in [0.4, 0.5) is 0 Å². The third-order valence-corrected chi connectivity index (χ3v) is 8.23. The first-order valence-corrected chi connectivity index (χ1v) is 9.35. The largest absolute Gasteiger partial charge is 0.392 e. The summed E-state index contributed by atoms with van der Waals surface area (Å²) in [5, 5.41) is 12.0. The minimum absolute atomic E-state index is 0.215. The third-order valence-electron chi connectivity index (χ3n) is 3.04. The molecule has 1 aromatic rings. The second kappa shape index (κ2) is 6.33. The van der Waals surface area contributed by atoms with Crippen LogP contribution < -0.4 is 0 Å². The number of halogens is 1. The van der Waals surface area contributed by atoms with E-state index in [4.69, 9.17) is 0 Å². The Labute approximate surface area is 124 Å². The minimum Gasteiger partial charge on any atom is -0.392 e. The Morgan fingerprint density at radius 2 is 2.18 bits per heavy atom. The summed E-state index contributed by atoms with van der Waals surface area (Å²) in [6, 6.07) is 4.16. The molecule has 5 heteroatoms. The van der Waals surface area contributed by atoms with Gasteiger partial charge in [-0.25, -0.2) is 0 Å². The molecule has 1 nitrogen and oxygen atoms in total. The highest BCUT2D eigenvalue weighted by molar-refractivity contribution is 9.11. The zero-order chi connectivity index (χ0) is 12.4. The van der Waals surface area contributed by atoms with Crippen LogP contribution in [0.1, 0.15) is 18.7 Å². The topological polar surface area (TPSA) is 20.2 Å². The molecule has 17 heavy (non-hydrogen) atoms. The first-order chi connectivity index (χ1) is 8.06. The van der Waals surface area contributed by atoms with Crippen LogP contribution in [0.5, 0.6) is 0 Å². The van der Waals surface area contributed by atoms with Crippen molar-refractivity contribution in [3.05, 3.63) is 20.8 Å². The summed E-state index contributed by atoms with van der Waals surface area (Å²) in [7, 11) is 0. The Balaban J connectivity index is 1.90. The number of aliphatic hydroxyl groups is 1. The van der Waals surface area contributed by atoms with Gasteiger partial charge in [-0.3, -0.25) is 0 Å². The molecule has 0 amide bonds. The van der Waals surface area contributed by atoms with E-state index in [9.17, 15) is 5.11 Å². The maximum Gasteiger partial charge on any atom is 0.0715 e. The number of rotatable bonds is 3. The Hall–Kier alpha value is 0.840. The molecule has 0 radical (unpaired) electrons. The first kappa shape index (κ1) is 14.3. The highest BCUT2D eigenvalue weighted by atomic mass is 79.9. The summed E-state index contributed by atoms with van der Waals surface area (Å²) in [6.45, 7) is 4.55. The van der Waals surface area contributed by atoms with E-state index in [0.717, 1.165) is 16.0 Å². The van der Waals surface area contributed by atoms with Gasteiger partial charge in [0.05, 0.1) is 9.89 Å². The van der Waals surface area contributed by atoms with Crippen LogP contribution in [0, 0.1) is 0 Å². The van der Waals surface area contributed by atoms with Gasteiger partial charge in [0.25, 0.3) is 0 Å². The first-order valence-electron chi connectivity index (χ1n) is 5.75. The van der Waals surface area contributed by atoms with Crippen LogP contribution in [0.2, 0.25) is 0 Å². The normalized spacial score (nSPS) is 31.4. The summed E-state index contributed by atoms with van der Waals surface area (Å²) in [6.07, 6.45) is 0.572. The van der Waals surface area contributed by atoms with Gasteiger partial charge >= 0.3 is 0 Å². The van der Waals surface area contributed by atoms with Gasteiger partial charge in [0, 0.05) is 32.8 Å². The van der Waals surface area contributed by atoms with E-state index >= 15 is 0 Å². The number of hydrogen-bond donors (Lipinski definition) is 1. The number of hydrogen-bond acceptors (Lipinski definition) is 4. The van der Waals surface area contributed by atoms with E-state index in [1.54, 1.807) is 11.3 Å². The molecule has 0 bridgehead atoms. The van der Waals surface area contributed by atoms with Crippen LogP contribution in [0.3, 0.4) is 0 Å². The molecule has 96 valence electrons. The van der Waals surface area contributed by atoms with E-state index < -0.39 is 0 Å². The van der Waals surface area contributed by atoms with Gasteiger partial charge in [0.15, 0.2) is 0 Å². The SMILES string of the molecule is CC1SCC(C(O)Cc2ccc(Br)s2)SC1C. The Morgan fingerprint density at radius 3 is 2.76 bits per heavy atom. The lowest BCUT2D eigenvalue weighted by molar-refractivity contribution is 0.178. The van der Waals surface area contributed by atoms with Crippen LogP contribution in [-0.4, -0.2) is 32.7 Å². The highest BCUT2D eigenvalue weighted by Crippen LogP contribution is 2.38. The molecule has 2 heterocycles. The van der Waals surface area contributed by atoms with Crippen LogP contribution in [-0.2, 0) is 6.42 Å². The summed E-state index contributed by atoms with van der Waals surface area (Å²) in [5.74, 6) is 1.07. The molecule has 0 aromatic carbocycles. The van der Waals surface area contributed by atoms with E-state index in [2.05, 4.69) is 41.9 Å². The maximum atomic E-state index is 10.3. The quantitative estimate of drug-likeness (QED) is 0.886. The average molecular weight is 353 g/mol. The molecule has 1 fully saturated rings. The van der Waals surface area contributed by atoms with E-state index in [1.165, 1.54) is 4.88 Å². The zero-order valence-corrected chi connectivity index (χ0v) is 14.0. The molecular formula is C12H17BrOS3. The van der Waals surface area contributed by atoms with Gasteiger partial charge in [0.1, 0.15) is 0 Å². The fourth-order valence-electron chi connectivity index (χ4n) is 1.81. The van der Waals surface area contributed by atoms with Gasteiger partial charge < -0.3 is 5.11 Å². The average Bonchev–Trinajstić information content (AvgIpc) is 2.68. The predicted octanol–water partition coefficient (Wildman–Crippen LogP) is 4.04. The van der Waals surface area contributed by atoms with Gasteiger partial charge in [0.2, 0.25) is 0 Å². The van der Waals surface area contributed by atoms with Crippen molar-refractivity contribution in [2.24, 2.45) is 0 Å². The molecule has 1 aromatic heterocycles. The molecule has 1 aliphatic rings. The molecule has 0 aliphatic carbocycles. The Bertz CT molecular complexity index is 368. The molecule has 0 spiro atoms. The summed E-state index contributed by atoms with van der Waals surface area (Å²) in [5.41, 5.74) is 0. The number of aliphatic hydroxyl groups excluding tert-OH is 1. The van der Waals surface area contributed by atoms with Crippen molar-refractivity contribution < 1.29 is 5.11 Å². The second-order valence-electron chi connectivity index (χ2n) is 4.40. The van der Waals surface area contributed by atoms with Crippen LogP contribution in [0.15, 0.2) is 15.9 Å². The highest BCUT2D eigenvalue weighted by Gasteiger charge is 2.30. The van der Waals surface area contributed by atoms with Gasteiger partial charge in [-0.15, -0.1) is 11.3 Å². The fraction of sp³-hybridized carbons (Fsp3) is 0.667. The lowest BCUT2D eigenvalue weighted by Crippen LogP contribution is -2.35. The molecule has 0 saturated carbocycles. The molecule has 4 atom stereocenters. The molecule has 1 aliphatic heterocycles. The number of thiophene rings is 1. The minimum atomic E-state index is -0.215. The molecule has 1 saturated heterocycles. The fourth-order valence-corrected chi connectivity index (χ4v) is 6.36. The second-order valence-corrected chi connectivity index (χ2v) is 9.97. The van der Waals surface area contributed by atoms with Crippen LogP contribution >= 0.6 is 50.8 Å². The third kappa shape index (κ3) is 3.90. The summed E-state index contributed by atoms with van der Waals surface area (Å²) >= 11 is 9.13. The van der Waals surface area contributed by atoms with Gasteiger partial charge in [-0.05, 0) is 28.1 Å². The predicted molar refractivity (Wildman–Crippen MR) is 84.5 cm³/mol. The maximum absolute atomic E-state index is 10.3. The van der Waals surface area contributed by atoms with Crippen molar-refractivity contribution in [3.63, 3.8) is 0 Å². The molecular weight excluding hydrogens is 336 g/mol. The van der Waals surface area contributed by atoms with Gasteiger partial charge in [-0.2, -0.15) is 23.5 Å². The van der Waals surface area contributed by atoms with Gasteiger partial charge in [-0.1, -0.05) is 13.8 Å². The molecule has 4 unspecified atom stereocenters. The van der Waals surface area contributed by atoms with Crippen molar-refractivity contribution in [2.45, 2.75) is 42.1 Å². The van der Waals surface area contributed by atoms with E-state index in [1.807, 2.05) is 23.5 Å². The Kier molecular flexibility index (Phi) is 5.31. The van der Waals surface area contributed by atoms with Crippen molar-refractivity contribution in [1.29, 1.82) is 0 Å². The zero-order valence-electron chi connectivity index (χ0n) is 9.93. The number of thioether (sulfide) groups is 2. The standard InChI is InChI=1S/C12H17BrOS3/c1-7-8(2)16-11(6-15-7)10(14)5-9-3-4-12(13)17-9/h3-4,7-8,10-11,14H,5-6H2,1-2H3. The van der Waals surface area contributed by atoms with Crippen LogP contribution in [0.25, 0.3) is 0 Å². The lowest BCUT2D eigenvalue weighted by atomic mass is 10.2. The lowest BCUT2D eigenvalue weighted by Gasteiger charge is -2.33. The van der Waals surface area contributed by atoms with Crippen molar-refractivity contribution in [1.82, 2.24) is 0 Å². The molecule has 2 rings (SSSR count). The monoisotopic (exact) mass is 352 g/mol. The molecule has 1 N–H and O–H groups in total. The van der Waals surface area contributed by atoms with E-state index in [0.29, 0.717) is 15.7 Å². The summed E-state index contributed by atoms with van der Waals surface area (Å²) in [4.78, 5) is 1.27. The summed E-state index contributed by atoms with van der Waals surface area (Å²) < 4.78 is 1.15. The van der Waals surface area contributed by atoms with Crippen molar-refractivity contribution in [2.75, 3.05) is 5.75 Å². The van der Waals surface area contributed by atoms with Crippen molar-refractivity contribution in [3.8, 4) is 0 Å². The van der Waals surface area contributed by atoms with Crippen molar-refractivity contribution >= 4 is 50.8 Å². The smallest absolute Gasteiger partial charge is 0.0715 e. The van der Waals surface area contributed by atoms with E-state index in [-0.39, 0.29) is 6.10 Å². The Morgan fingerprint density at radius 1 is 1.41 bits per heavy atom.